The number of nitrogens with zero attached hydrogens (tertiary/aromatic N) is 1. The van der Waals surface area contributed by atoms with Crippen LogP contribution >= 0.6 is 15.9 Å². The summed E-state index contributed by atoms with van der Waals surface area (Å²) in [7, 11) is -3.69. The number of hydrogen-bond acceptors (Lipinski definition) is 4. The van der Waals surface area contributed by atoms with Gasteiger partial charge in [0.1, 0.15) is 0 Å². The lowest BCUT2D eigenvalue weighted by atomic mass is 10.2. The Labute approximate surface area is 169 Å². The molecule has 0 aromatic heterocycles. The zero-order valence-electron chi connectivity index (χ0n) is 15.5. The Morgan fingerprint density at radius 2 is 1.67 bits per heavy atom. The number of aryl methyl sites for hydroxylation is 1. The van der Waals surface area contributed by atoms with Crippen molar-refractivity contribution in [1.29, 1.82) is 0 Å². The molecule has 7 heteroatoms. The van der Waals surface area contributed by atoms with Crippen molar-refractivity contribution in [3.05, 3.63) is 59.7 Å². The molecule has 0 unspecified atom stereocenters. The summed E-state index contributed by atoms with van der Waals surface area (Å²) in [5.41, 5.74) is 1.92. The van der Waals surface area contributed by atoms with E-state index in [0.29, 0.717) is 24.4 Å². The molecule has 0 N–H and O–H groups in total. The lowest BCUT2D eigenvalue weighted by Crippen LogP contribution is -2.32. The van der Waals surface area contributed by atoms with E-state index in [1.807, 2.05) is 6.92 Å². The number of sulfonamides is 1. The summed E-state index contributed by atoms with van der Waals surface area (Å²) in [6.07, 6.45) is 1.58. The highest BCUT2D eigenvalue weighted by Gasteiger charge is 2.24. The van der Waals surface area contributed by atoms with E-state index >= 15 is 0 Å². The van der Waals surface area contributed by atoms with Crippen LogP contribution in [0.2, 0.25) is 0 Å². The normalized spacial score (nSPS) is 11.2. The molecule has 0 saturated carbocycles. The maximum atomic E-state index is 13.2. The molecule has 5 nitrogen and oxygen atoms in total. The standard InChI is InChI=1S/C20H24BrNO4S/c1-3-26-20(23)17-8-10-18(11-9-17)22(15-5-4-14-21)27(24,25)19-12-6-16(2)7-13-19/h6-13H,3-5,14-15H2,1-2H3. The van der Waals surface area contributed by atoms with Crippen molar-refractivity contribution >= 4 is 37.6 Å². The fourth-order valence-corrected chi connectivity index (χ4v) is 4.45. The van der Waals surface area contributed by atoms with Gasteiger partial charge in [0.25, 0.3) is 10.0 Å². The highest BCUT2D eigenvalue weighted by molar-refractivity contribution is 9.09. The van der Waals surface area contributed by atoms with Crippen molar-refractivity contribution in [2.75, 3.05) is 22.8 Å². The van der Waals surface area contributed by atoms with Gasteiger partial charge >= 0.3 is 5.97 Å². The highest BCUT2D eigenvalue weighted by atomic mass is 79.9. The van der Waals surface area contributed by atoms with Crippen molar-refractivity contribution in [3.8, 4) is 0 Å². The topological polar surface area (TPSA) is 63.7 Å². The summed E-state index contributed by atoms with van der Waals surface area (Å²) in [6, 6.07) is 13.3. The van der Waals surface area contributed by atoms with E-state index in [1.54, 1.807) is 55.5 Å². The largest absolute Gasteiger partial charge is 0.462 e. The van der Waals surface area contributed by atoms with Crippen LogP contribution in [-0.2, 0) is 14.8 Å². The minimum Gasteiger partial charge on any atom is -0.462 e. The zero-order chi connectivity index (χ0) is 19.9. The maximum Gasteiger partial charge on any atom is 0.338 e. The Morgan fingerprint density at radius 1 is 1.04 bits per heavy atom. The number of anilines is 1. The highest BCUT2D eigenvalue weighted by Crippen LogP contribution is 2.25. The summed E-state index contributed by atoms with van der Waals surface area (Å²) in [5.74, 6) is -0.420. The Morgan fingerprint density at radius 3 is 2.22 bits per heavy atom. The summed E-state index contributed by atoms with van der Waals surface area (Å²) in [5, 5.41) is 0.813. The lowest BCUT2D eigenvalue weighted by Gasteiger charge is -2.25. The number of esters is 1. The molecule has 0 bridgehead atoms. The molecule has 0 aliphatic heterocycles. The van der Waals surface area contributed by atoms with Gasteiger partial charge in [0.2, 0.25) is 0 Å². The van der Waals surface area contributed by atoms with Crippen LogP contribution in [0.1, 0.15) is 35.7 Å². The predicted molar refractivity (Wildman–Crippen MR) is 111 cm³/mol. The van der Waals surface area contributed by atoms with Gasteiger partial charge in [-0.05, 0) is 63.1 Å². The Bertz CT molecular complexity index is 849. The molecular weight excluding hydrogens is 430 g/mol. The average Bonchev–Trinajstić information content (AvgIpc) is 2.66. The second-order valence-electron chi connectivity index (χ2n) is 6.05. The number of benzene rings is 2. The smallest absolute Gasteiger partial charge is 0.338 e. The third kappa shape index (κ3) is 5.56. The fourth-order valence-electron chi connectivity index (χ4n) is 2.55. The van der Waals surface area contributed by atoms with Crippen molar-refractivity contribution in [1.82, 2.24) is 0 Å². The Hall–Kier alpha value is -1.86. The van der Waals surface area contributed by atoms with Crippen LogP contribution in [0.3, 0.4) is 0 Å². The minimum atomic E-state index is -3.69. The minimum absolute atomic E-state index is 0.251. The molecule has 2 aromatic carbocycles. The van der Waals surface area contributed by atoms with E-state index in [1.165, 1.54) is 4.31 Å². The fraction of sp³-hybridized carbons (Fsp3) is 0.350. The van der Waals surface area contributed by atoms with Crippen LogP contribution in [0.15, 0.2) is 53.4 Å². The van der Waals surface area contributed by atoms with Crippen LogP contribution in [0.5, 0.6) is 0 Å². The van der Waals surface area contributed by atoms with E-state index in [9.17, 15) is 13.2 Å². The Kier molecular flexibility index (Phi) is 7.86. The van der Waals surface area contributed by atoms with Gasteiger partial charge in [0, 0.05) is 11.9 Å². The molecule has 0 saturated heterocycles. The van der Waals surface area contributed by atoms with Crippen molar-refractivity contribution in [2.45, 2.75) is 31.6 Å². The number of halogens is 1. The summed E-state index contributed by atoms with van der Waals surface area (Å²) < 4.78 is 32.7. The first kappa shape index (κ1) is 21.4. The molecule has 0 atom stereocenters. The van der Waals surface area contributed by atoms with E-state index in [2.05, 4.69) is 15.9 Å². The number of hydrogen-bond donors (Lipinski definition) is 0. The lowest BCUT2D eigenvalue weighted by molar-refractivity contribution is 0.0526. The number of alkyl halides is 1. The third-order valence-electron chi connectivity index (χ3n) is 4.02. The molecule has 0 spiro atoms. The summed E-state index contributed by atoms with van der Waals surface area (Å²) in [6.45, 7) is 4.31. The first-order chi connectivity index (χ1) is 12.9. The molecule has 0 aliphatic carbocycles. The second kappa shape index (κ2) is 9.90. The molecule has 0 fully saturated rings. The molecule has 146 valence electrons. The average molecular weight is 454 g/mol. The van der Waals surface area contributed by atoms with E-state index in [-0.39, 0.29) is 4.90 Å². The van der Waals surface area contributed by atoms with Gasteiger partial charge in [-0.3, -0.25) is 4.31 Å². The summed E-state index contributed by atoms with van der Waals surface area (Å²) >= 11 is 3.38. The molecule has 0 heterocycles. The molecule has 0 radical (unpaired) electrons. The number of carbonyl (C=O) groups excluding carboxylic acids is 1. The molecule has 2 rings (SSSR count). The van der Waals surface area contributed by atoms with Crippen molar-refractivity contribution in [2.24, 2.45) is 0 Å². The van der Waals surface area contributed by atoms with Gasteiger partial charge < -0.3 is 4.74 Å². The number of carbonyl (C=O) groups is 1. The monoisotopic (exact) mass is 453 g/mol. The summed E-state index contributed by atoms with van der Waals surface area (Å²) in [4.78, 5) is 12.1. The molecule has 0 amide bonds. The van der Waals surface area contributed by atoms with Gasteiger partial charge in [-0.2, -0.15) is 0 Å². The van der Waals surface area contributed by atoms with Gasteiger partial charge in [0.15, 0.2) is 0 Å². The first-order valence-electron chi connectivity index (χ1n) is 8.82. The van der Waals surface area contributed by atoms with Gasteiger partial charge in [0.05, 0.1) is 22.8 Å². The van der Waals surface area contributed by atoms with Crippen LogP contribution in [0.4, 0.5) is 5.69 Å². The second-order valence-corrected chi connectivity index (χ2v) is 8.71. The number of unbranched alkanes of at least 4 members (excludes halogenated alkanes) is 1. The van der Waals surface area contributed by atoms with Gasteiger partial charge in [-0.1, -0.05) is 33.6 Å². The van der Waals surface area contributed by atoms with Crippen LogP contribution < -0.4 is 4.31 Å². The van der Waals surface area contributed by atoms with Crippen molar-refractivity contribution in [3.63, 3.8) is 0 Å². The molecular formula is C20H24BrNO4S. The number of ether oxygens (including phenoxy) is 1. The molecule has 27 heavy (non-hydrogen) atoms. The van der Waals surface area contributed by atoms with Gasteiger partial charge in [-0.25, -0.2) is 13.2 Å². The first-order valence-corrected chi connectivity index (χ1v) is 11.4. The van der Waals surface area contributed by atoms with Crippen LogP contribution in [-0.4, -0.2) is 32.9 Å². The maximum absolute atomic E-state index is 13.2. The van der Waals surface area contributed by atoms with Crippen molar-refractivity contribution < 1.29 is 17.9 Å². The number of rotatable bonds is 9. The molecule has 2 aromatic rings. The van der Waals surface area contributed by atoms with E-state index in [0.717, 1.165) is 23.7 Å². The van der Waals surface area contributed by atoms with E-state index in [4.69, 9.17) is 4.74 Å². The predicted octanol–water partition coefficient (Wildman–Crippen LogP) is 4.54. The zero-order valence-corrected chi connectivity index (χ0v) is 17.9. The van der Waals surface area contributed by atoms with Crippen LogP contribution in [0, 0.1) is 6.92 Å². The Balaban J connectivity index is 2.36. The molecule has 0 aliphatic rings. The SMILES string of the molecule is CCOC(=O)c1ccc(N(CCCCBr)S(=O)(=O)c2ccc(C)cc2)cc1. The quantitative estimate of drug-likeness (QED) is 0.317. The van der Waals surface area contributed by atoms with Crippen LogP contribution in [0.25, 0.3) is 0 Å². The van der Waals surface area contributed by atoms with E-state index < -0.39 is 16.0 Å². The third-order valence-corrected chi connectivity index (χ3v) is 6.42. The van der Waals surface area contributed by atoms with Gasteiger partial charge in [-0.15, -0.1) is 0 Å².